The molecule has 0 aromatic heterocycles. The van der Waals surface area contributed by atoms with E-state index in [1.54, 1.807) is 0 Å². The molecule has 2 aromatic carbocycles. The third kappa shape index (κ3) is 6.16. The van der Waals surface area contributed by atoms with Crippen LogP contribution in [-0.4, -0.2) is 38.7 Å². The van der Waals surface area contributed by atoms with Gasteiger partial charge in [-0.1, -0.05) is 67.6 Å². The zero-order chi connectivity index (χ0) is 19.8. The van der Waals surface area contributed by atoms with Gasteiger partial charge in [-0.15, -0.1) is 0 Å². The van der Waals surface area contributed by atoms with Crippen LogP contribution in [0.15, 0.2) is 60.7 Å². The smallest absolute Gasteiger partial charge is 0.212 e. The van der Waals surface area contributed by atoms with Gasteiger partial charge in [-0.05, 0) is 62.4 Å². The van der Waals surface area contributed by atoms with Crippen molar-refractivity contribution in [1.82, 2.24) is 9.62 Å². The summed E-state index contributed by atoms with van der Waals surface area (Å²) in [4.78, 5) is 2.48. The first kappa shape index (κ1) is 21.0. The van der Waals surface area contributed by atoms with E-state index in [-0.39, 0.29) is 11.8 Å². The van der Waals surface area contributed by atoms with E-state index in [1.807, 2.05) is 37.3 Å². The zero-order valence-corrected chi connectivity index (χ0v) is 17.6. The summed E-state index contributed by atoms with van der Waals surface area (Å²) in [5.74, 6) is 0.823. The molecule has 152 valence electrons. The Morgan fingerprint density at radius 2 is 1.61 bits per heavy atom. The van der Waals surface area contributed by atoms with Crippen LogP contribution in [0.1, 0.15) is 55.7 Å². The molecule has 0 bridgehead atoms. The summed E-state index contributed by atoms with van der Waals surface area (Å²) in [6, 6.07) is 20.6. The molecule has 2 aromatic rings. The maximum atomic E-state index is 12.3. The minimum absolute atomic E-state index is 0.162. The molecule has 28 heavy (non-hydrogen) atoms. The van der Waals surface area contributed by atoms with Crippen molar-refractivity contribution in [3.8, 4) is 0 Å². The molecule has 5 heteroatoms. The van der Waals surface area contributed by atoms with Gasteiger partial charge >= 0.3 is 0 Å². The average Bonchev–Trinajstić information content (AvgIpc) is 2.73. The summed E-state index contributed by atoms with van der Waals surface area (Å²) in [7, 11) is -3.25. The highest BCUT2D eigenvalue weighted by molar-refractivity contribution is 7.89. The third-order valence-electron chi connectivity index (χ3n) is 5.59. The summed E-state index contributed by atoms with van der Waals surface area (Å²) >= 11 is 0. The zero-order valence-electron chi connectivity index (χ0n) is 16.8. The highest BCUT2D eigenvalue weighted by Crippen LogP contribution is 2.28. The van der Waals surface area contributed by atoms with Gasteiger partial charge < -0.3 is 4.90 Å². The molecule has 0 radical (unpaired) electrons. The Balaban J connectivity index is 1.57. The van der Waals surface area contributed by atoms with Crippen LogP contribution in [-0.2, 0) is 10.0 Å². The first-order valence-electron chi connectivity index (χ1n) is 10.4. The lowest BCUT2D eigenvalue weighted by Gasteiger charge is -2.33. The van der Waals surface area contributed by atoms with E-state index in [9.17, 15) is 8.42 Å². The highest BCUT2D eigenvalue weighted by atomic mass is 32.2. The fourth-order valence-electron chi connectivity index (χ4n) is 4.05. The Bertz CT molecular complexity index is 801. The Labute approximate surface area is 170 Å². The molecule has 1 heterocycles. The van der Waals surface area contributed by atoms with Gasteiger partial charge in [-0.3, -0.25) is 0 Å². The third-order valence-corrected chi connectivity index (χ3v) is 7.18. The molecule has 0 saturated carbocycles. The van der Waals surface area contributed by atoms with Crippen molar-refractivity contribution in [2.75, 3.05) is 25.4 Å². The molecule has 0 spiro atoms. The van der Waals surface area contributed by atoms with Gasteiger partial charge in [0.15, 0.2) is 0 Å². The minimum Gasteiger partial charge on any atom is -0.303 e. The molecule has 1 atom stereocenters. The van der Waals surface area contributed by atoms with E-state index in [4.69, 9.17) is 0 Å². The quantitative estimate of drug-likeness (QED) is 0.682. The van der Waals surface area contributed by atoms with Crippen molar-refractivity contribution in [1.29, 1.82) is 0 Å². The number of sulfonamides is 1. The van der Waals surface area contributed by atoms with E-state index >= 15 is 0 Å². The molecule has 1 aliphatic rings. The maximum Gasteiger partial charge on any atom is 0.212 e. The number of benzene rings is 2. The van der Waals surface area contributed by atoms with E-state index in [1.165, 1.54) is 18.4 Å². The summed E-state index contributed by atoms with van der Waals surface area (Å²) < 4.78 is 27.6. The van der Waals surface area contributed by atoms with Crippen LogP contribution in [0.3, 0.4) is 0 Å². The Morgan fingerprint density at radius 1 is 1.00 bits per heavy atom. The van der Waals surface area contributed by atoms with Crippen LogP contribution < -0.4 is 4.72 Å². The predicted octanol–water partition coefficient (Wildman–Crippen LogP) is 4.33. The number of hydrogen-bond donors (Lipinski definition) is 1. The number of piperidine rings is 1. The van der Waals surface area contributed by atoms with Crippen LogP contribution in [0.5, 0.6) is 0 Å². The van der Waals surface area contributed by atoms with Gasteiger partial charge in [0.2, 0.25) is 10.0 Å². The number of hydrogen-bond acceptors (Lipinski definition) is 3. The topological polar surface area (TPSA) is 49.4 Å². The second-order valence-corrected chi connectivity index (χ2v) is 9.59. The second kappa shape index (κ2) is 10.2. The van der Waals surface area contributed by atoms with Gasteiger partial charge in [0.05, 0.1) is 5.75 Å². The van der Waals surface area contributed by atoms with Crippen molar-refractivity contribution in [2.45, 2.75) is 44.6 Å². The molecular weight excluding hydrogens is 368 g/mol. The molecule has 3 rings (SSSR count). The molecule has 0 aliphatic carbocycles. The average molecular weight is 401 g/mol. The van der Waals surface area contributed by atoms with Crippen molar-refractivity contribution < 1.29 is 8.42 Å². The fourth-order valence-corrected chi connectivity index (χ4v) is 5.39. The van der Waals surface area contributed by atoms with E-state index in [2.05, 4.69) is 40.0 Å². The van der Waals surface area contributed by atoms with Crippen molar-refractivity contribution in [3.05, 3.63) is 71.8 Å². The monoisotopic (exact) mass is 400 g/mol. The summed E-state index contributed by atoms with van der Waals surface area (Å²) in [5.41, 5.74) is 2.48. The first-order chi connectivity index (χ1) is 13.6. The van der Waals surface area contributed by atoms with Gasteiger partial charge in [0.1, 0.15) is 0 Å². The summed E-state index contributed by atoms with van der Waals surface area (Å²) in [6.07, 6.45) is 3.76. The maximum absolute atomic E-state index is 12.3. The van der Waals surface area contributed by atoms with E-state index in [0.29, 0.717) is 12.3 Å². The molecule has 1 aliphatic heterocycles. The molecule has 1 saturated heterocycles. The lowest BCUT2D eigenvalue weighted by molar-refractivity contribution is 0.204. The van der Waals surface area contributed by atoms with E-state index in [0.717, 1.165) is 31.6 Å². The molecule has 0 amide bonds. The molecule has 1 N–H and O–H groups in total. The number of nitrogens with one attached hydrogen (secondary N) is 1. The standard InChI is InChI=1S/C23H32N2O2S/c1-2-19-28(26,27)24-23(22-11-7-4-8-12-22)15-18-25-16-13-21(14-17-25)20-9-5-3-6-10-20/h3-12,21,23-24H,2,13-19H2,1H3/t23-/m0/s1. The lowest BCUT2D eigenvalue weighted by Crippen LogP contribution is -2.37. The van der Waals surface area contributed by atoms with Crippen molar-refractivity contribution in [3.63, 3.8) is 0 Å². The van der Waals surface area contributed by atoms with Crippen LogP contribution in [0, 0.1) is 0 Å². The number of likely N-dealkylation sites (tertiary alicyclic amines) is 1. The Hall–Kier alpha value is -1.69. The fraction of sp³-hybridized carbons (Fsp3) is 0.478. The van der Waals surface area contributed by atoms with Gasteiger partial charge in [-0.25, -0.2) is 13.1 Å². The molecule has 0 unspecified atom stereocenters. The number of rotatable bonds is 9. The predicted molar refractivity (Wildman–Crippen MR) is 116 cm³/mol. The molecular formula is C23H32N2O2S. The second-order valence-electron chi connectivity index (χ2n) is 7.72. The summed E-state index contributed by atoms with van der Waals surface area (Å²) in [5, 5.41) is 0. The van der Waals surface area contributed by atoms with Crippen LogP contribution in [0.4, 0.5) is 0 Å². The minimum atomic E-state index is -3.25. The molecule has 1 fully saturated rings. The van der Waals surface area contributed by atoms with Crippen LogP contribution in [0.25, 0.3) is 0 Å². The summed E-state index contributed by atoms with van der Waals surface area (Å²) in [6.45, 7) is 4.95. The van der Waals surface area contributed by atoms with Crippen LogP contribution in [0.2, 0.25) is 0 Å². The van der Waals surface area contributed by atoms with Crippen LogP contribution >= 0.6 is 0 Å². The van der Waals surface area contributed by atoms with Gasteiger partial charge in [0, 0.05) is 6.04 Å². The normalized spacial score (nSPS) is 17.5. The number of nitrogens with zero attached hydrogens (tertiary/aromatic N) is 1. The van der Waals surface area contributed by atoms with Gasteiger partial charge in [0.25, 0.3) is 0 Å². The highest BCUT2D eigenvalue weighted by Gasteiger charge is 2.23. The van der Waals surface area contributed by atoms with Crippen molar-refractivity contribution in [2.24, 2.45) is 0 Å². The Morgan fingerprint density at radius 3 is 2.21 bits per heavy atom. The van der Waals surface area contributed by atoms with Gasteiger partial charge in [-0.2, -0.15) is 0 Å². The largest absolute Gasteiger partial charge is 0.303 e. The van der Waals surface area contributed by atoms with Crippen molar-refractivity contribution >= 4 is 10.0 Å². The SMILES string of the molecule is CCCS(=O)(=O)N[C@@H](CCN1CCC(c2ccccc2)CC1)c1ccccc1. The van der Waals surface area contributed by atoms with E-state index < -0.39 is 10.0 Å². The molecule has 4 nitrogen and oxygen atoms in total. The Kier molecular flexibility index (Phi) is 7.65. The lowest BCUT2D eigenvalue weighted by atomic mass is 9.89. The first-order valence-corrected chi connectivity index (χ1v) is 12.0.